The molecule has 0 heterocycles. The van der Waals surface area contributed by atoms with Crippen LogP contribution in [0.3, 0.4) is 0 Å². The van der Waals surface area contributed by atoms with Gasteiger partial charge in [-0.25, -0.2) is 0 Å². The zero-order valence-electron chi connectivity index (χ0n) is 11.0. The summed E-state index contributed by atoms with van der Waals surface area (Å²) in [6.07, 6.45) is 4.12. The van der Waals surface area contributed by atoms with Gasteiger partial charge in [-0.1, -0.05) is 26.0 Å². The zero-order chi connectivity index (χ0) is 12.7. The van der Waals surface area contributed by atoms with Crippen molar-refractivity contribution >= 4 is 6.08 Å². The molecule has 1 N–H and O–H groups in total. The molecule has 0 spiro atoms. The van der Waals surface area contributed by atoms with Crippen LogP contribution in [0.4, 0.5) is 0 Å². The van der Waals surface area contributed by atoms with E-state index < -0.39 is 0 Å². The summed E-state index contributed by atoms with van der Waals surface area (Å²) in [4.78, 5) is 0. The number of ether oxygens (including phenoxy) is 2. The Morgan fingerprint density at radius 1 is 1.24 bits per heavy atom. The summed E-state index contributed by atoms with van der Waals surface area (Å²) < 4.78 is 10.5. The molecule has 3 heteroatoms. The second-order valence-corrected chi connectivity index (χ2v) is 4.07. The first-order chi connectivity index (χ1) is 8.17. The first-order valence-electron chi connectivity index (χ1n) is 5.79. The van der Waals surface area contributed by atoms with Crippen LogP contribution >= 0.6 is 0 Å². The highest BCUT2D eigenvalue weighted by Gasteiger charge is 2.01. The van der Waals surface area contributed by atoms with E-state index in [1.165, 1.54) is 0 Å². The Morgan fingerprint density at radius 2 is 2.00 bits per heavy atom. The molecule has 1 rings (SSSR count). The van der Waals surface area contributed by atoms with E-state index in [9.17, 15) is 0 Å². The van der Waals surface area contributed by atoms with Crippen LogP contribution < -0.4 is 14.8 Å². The lowest BCUT2D eigenvalue weighted by Gasteiger charge is -2.07. The molecule has 0 unspecified atom stereocenters. The highest BCUT2D eigenvalue weighted by molar-refractivity contribution is 5.59. The van der Waals surface area contributed by atoms with Crippen LogP contribution in [0.5, 0.6) is 11.5 Å². The second kappa shape index (κ2) is 6.97. The molecule has 0 radical (unpaired) electrons. The predicted molar refractivity (Wildman–Crippen MR) is 71.7 cm³/mol. The Bertz CT molecular complexity index is 372. The van der Waals surface area contributed by atoms with Crippen molar-refractivity contribution in [2.24, 2.45) is 0 Å². The minimum Gasteiger partial charge on any atom is -0.497 e. The summed E-state index contributed by atoms with van der Waals surface area (Å²) >= 11 is 0. The van der Waals surface area contributed by atoms with Gasteiger partial charge in [0.2, 0.25) is 0 Å². The highest BCUT2D eigenvalue weighted by atomic mass is 16.5. The number of nitrogens with one attached hydrogen (secondary N) is 1. The molecular weight excluding hydrogens is 214 g/mol. The van der Waals surface area contributed by atoms with Crippen molar-refractivity contribution in [2.75, 3.05) is 20.8 Å². The average molecular weight is 235 g/mol. The van der Waals surface area contributed by atoms with E-state index in [0.717, 1.165) is 23.6 Å². The highest BCUT2D eigenvalue weighted by Crippen LogP contribution is 2.24. The van der Waals surface area contributed by atoms with Crippen LogP contribution in [0.2, 0.25) is 0 Å². The monoisotopic (exact) mass is 235 g/mol. The molecule has 0 aromatic heterocycles. The fourth-order valence-corrected chi connectivity index (χ4v) is 1.46. The number of hydrogen-bond acceptors (Lipinski definition) is 3. The van der Waals surface area contributed by atoms with Crippen molar-refractivity contribution in [1.82, 2.24) is 5.32 Å². The van der Waals surface area contributed by atoms with Crippen LogP contribution in [-0.2, 0) is 0 Å². The van der Waals surface area contributed by atoms with Gasteiger partial charge in [-0.15, -0.1) is 0 Å². The van der Waals surface area contributed by atoms with Gasteiger partial charge in [0.25, 0.3) is 0 Å². The fourth-order valence-electron chi connectivity index (χ4n) is 1.46. The molecule has 0 aliphatic carbocycles. The van der Waals surface area contributed by atoms with E-state index in [4.69, 9.17) is 9.47 Å². The Hall–Kier alpha value is -1.48. The molecule has 1 aromatic carbocycles. The third-order valence-corrected chi connectivity index (χ3v) is 2.38. The molecule has 0 aliphatic heterocycles. The van der Waals surface area contributed by atoms with E-state index >= 15 is 0 Å². The van der Waals surface area contributed by atoms with Gasteiger partial charge in [0.15, 0.2) is 0 Å². The summed E-state index contributed by atoms with van der Waals surface area (Å²) in [6, 6.07) is 6.26. The van der Waals surface area contributed by atoms with E-state index in [1.807, 2.05) is 24.3 Å². The van der Waals surface area contributed by atoms with Gasteiger partial charge in [-0.05, 0) is 18.2 Å². The van der Waals surface area contributed by atoms with Crippen LogP contribution in [0.1, 0.15) is 19.4 Å². The van der Waals surface area contributed by atoms with Gasteiger partial charge in [0.1, 0.15) is 11.5 Å². The Morgan fingerprint density at radius 3 is 2.59 bits per heavy atom. The normalized spacial score (nSPS) is 11.1. The number of benzene rings is 1. The summed E-state index contributed by atoms with van der Waals surface area (Å²) in [5, 5.41) is 3.32. The molecule has 0 saturated heterocycles. The van der Waals surface area contributed by atoms with Crippen molar-refractivity contribution < 1.29 is 9.47 Å². The van der Waals surface area contributed by atoms with Crippen molar-refractivity contribution in [3.05, 3.63) is 29.8 Å². The van der Waals surface area contributed by atoms with Crippen molar-refractivity contribution in [2.45, 2.75) is 19.9 Å². The molecule has 1 aromatic rings. The lowest BCUT2D eigenvalue weighted by Crippen LogP contribution is -2.22. The molecule has 0 amide bonds. The molecular formula is C14H21NO2. The zero-order valence-corrected chi connectivity index (χ0v) is 11.0. The molecule has 0 bridgehead atoms. The lowest BCUT2D eigenvalue weighted by molar-refractivity contribution is 0.402. The topological polar surface area (TPSA) is 30.5 Å². The minimum absolute atomic E-state index is 0.492. The van der Waals surface area contributed by atoms with Crippen LogP contribution in [-0.4, -0.2) is 26.8 Å². The van der Waals surface area contributed by atoms with Gasteiger partial charge in [-0.2, -0.15) is 0 Å². The summed E-state index contributed by atoms with van der Waals surface area (Å²) in [5.74, 6) is 1.69. The van der Waals surface area contributed by atoms with Gasteiger partial charge >= 0.3 is 0 Å². The third kappa shape index (κ3) is 4.49. The fraction of sp³-hybridized carbons (Fsp3) is 0.429. The number of hydrogen-bond donors (Lipinski definition) is 1. The van der Waals surface area contributed by atoms with E-state index in [2.05, 4.69) is 25.2 Å². The average Bonchev–Trinajstić information content (AvgIpc) is 2.34. The van der Waals surface area contributed by atoms with Gasteiger partial charge < -0.3 is 14.8 Å². The Kier molecular flexibility index (Phi) is 5.57. The number of methoxy groups -OCH3 is 2. The first-order valence-corrected chi connectivity index (χ1v) is 5.79. The lowest BCUT2D eigenvalue weighted by atomic mass is 10.1. The van der Waals surface area contributed by atoms with Gasteiger partial charge in [0, 0.05) is 18.2 Å². The molecule has 3 nitrogen and oxygen atoms in total. The maximum absolute atomic E-state index is 5.30. The predicted octanol–water partition coefficient (Wildman–Crippen LogP) is 2.72. The van der Waals surface area contributed by atoms with Gasteiger partial charge in [-0.3, -0.25) is 0 Å². The maximum atomic E-state index is 5.30. The SMILES string of the molecule is COc1ccc(OC)c(C=CCNC(C)C)c1. The largest absolute Gasteiger partial charge is 0.497 e. The van der Waals surface area contributed by atoms with Crippen LogP contribution in [0.15, 0.2) is 24.3 Å². The molecule has 0 saturated carbocycles. The van der Waals surface area contributed by atoms with Crippen LogP contribution in [0.25, 0.3) is 6.08 Å². The minimum atomic E-state index is 0.492. The van der Waals surface area contributed by atoms with Crippen molar-refractivity contribution in [1.29, 1.82) is 0 Å². The smallest absolute Gasteiger partial charge is 0.126 e. The molecule has 0 aliphatic rings. The van der Waals surface area contributed by atoms with E-state index in [1.54, 1.807) is 14.2 Å². The van der Waals surface area contributed by atoms with Gasteiger partial charge in [0.05, 0.1) is 14.2 Å². The first kappa shape index (κ1) is 13.6. The number of rotatable bonds is 6. The second-order valence-electron chi connectivity index (χ2n) is 4.07. The summed E-state index contributed by atoms with van der Waals surface area (Å²) in [5.41, 5.74) is 1.03. The van der Waals surface area contributed by atoms with E-state index in [-0.39, 0.29) is 0 Å². The molecule has 0 fully saturated rings. The Balaban J connectivity index is 2.73. The third-order valence-electron chi connectivity index (χ3n) is 2.38. The van der Waals surface area contributed by atoms with Crippen LogP contribution in [0, 0.1) is 0 Å². The summed E-state index contributed by atoms with van der Waals surface area (Å²) in [7, 11) is 3.33. The quantitative estimate of drug-likeness (QED) is 0.822. The molecule has 0 atom stereocenters. The van der Waals surface area contributed by atoms with Crippen molar-refractivity contribution in [3.63, 3.8) is 0 Å². The standard InChI is InChI=1S/C14H21NO2/c1-11(2)15-9-5-6-12-10-13(16-3)7-8-14(12)17-4/h5-8,10-11,15H,9H2,1-4H3. The molecule has 94 valence electrons. The van der Waals surface area contributed by atoms with E-state index in [0.29, 0.717) is 6.04 Å². The summed E-state index contributed by atoms with van der Waals surface area (Å²) in [6.45, 7) is 5.10. The molecule has 17 heavy (non-hydrogen) atoms. The Labute approximate surface area is 103 Å². The van der Waals surface area contributed by atoms with Crippen molar-refractivity contribution in [3.8, 4) is 11.5 Å². The maximum Gasteiger partial charge on any atom is 0.126 e.